The zero-order valence-electron chi connectivity index (χ0n) is 16.3. The van der Waals surface area contributed by atoms with Gasteiger partial charge in [-0.25, -0.2) is 4.79 Å². The van der Waals surface area contributed by atoms with Crippen LogP contribution in [0.2, 0.25) is 0 Å². The average molecular weight is 395 g/mol. The molecule has 2 aromatic carbocycles. The van der Waals surface area contributed by atoms with Gasteiger partial charge in [0.1, 0.15) is 11.9 Å². The van der Waals surface area contributed by atoms with E-state index in [1.807, 2.05) is 42.5 Å². The van der Waals surface area contributed by atoms with E-state index in [0.29, 0.717) is 23.1 Å². The van der Waals surface area contributed by atoms with Crippen molar-refractivity contribution in [2.75, 3.05) is 26.2 Å². The Morgan fingerprint density at radius 1 is 1.00 bits per heavy atom. The molecule has 1 fully saturated rings. The van der Waals surface area contributed by atoms with Gasteiger partial charge in [0.05, 0.1) is 21.3 Å². The number of carbonyl (C=O) groups is 2. The maximum atomic E-state index is 12.7. The minimum absolute atomic E-state index is 0.193. The Kier molecular flexibility index (Phi) is 4.84. The summed E-state index contributed by atoms with van der Waals surface area (Å²) < 4.78 is 16.3. The predicted octanol–water partition coefficient (Wildman–Crippen LogP) is 2.72. The van der Waals surface area contributed by atoms with Crippen LogP contribution in [0.25, 0.3) is 0 Å². The molecule has 0 bridgehead atoms. The van der Waals surface area contributed by atoms with Gasteiger partial charge in [0, 0.05) is 18.0 Å². The Bertz CT molecular complexity index is 964. The molecule has 0 aromatic heterocycles. The number of ether oxygens (including phenoxy) is 3. The van der Waals surface area contributed by atoms with Gasteiger partial charge in [-0.05, 0) is 29.8 Å². The Labute approximate surface area is 168 Å². The van der Waals surface area contributed by atoms with E-state index in [0.717, 1.165) is 11.3 Å². The molecule has 0 aliphatic carbocycles. The number of rotatable bonds is 5. The summed E-state index contributed by atoms with van der Waals surface area (Å²) in [5.74, 6) is 1.28. The Morgan fingerprint density at radius 2 is 1.66 bits per heavy atom. The lowest BCUT2D eigenvalue weighted by atomic mass is 9.84. The van der Waals surface area contributed by atoms with Gasteiger partial charge in [-0.2, -0.15) is 4.99 Å². The number of amidine groups is 1. The average Bonchev–Trinajstić information content (AvgIpc) is 3.07. The second-order valence-electron chi connectivity index (χ2n) is 6.75. The third kappa shape index (κ3) is 3.16. The Morgan fingerprint density at radius 3 is 2.24 bits per heavy atom. The first kappa shape index (κ1) is 18.8. The van der Waals surface area contributed by atoms with E-state index in [2.05, 4.69) is 10.3 Å². The van der Waals surface area contributed by atoms with Crippen LogP contribution in [-0.2, 0) is 4.79 Å². The van der Waals surface area contributed by atoms with E-state index in [1.54, 1.807) is 4.90 Å². The number of nitrogens with one attached hydrogen (secondary N) is 1. The number of anilines is 1. The third-order valence-electron chi connectivity index (χ3n) is 5.18. The first-order valence-electron chi connectivity index (χ1n) is 9.14. The topological polar surface area (TPSA) is 89.5 Å². The van der Waals surface area contributed by atoms with Gasteiger partial charge in [-0.15, -0.1) is 0 Å². The van der Waals surface area contributed by atoms with Gasteiger partial charge in [-0.1, -0.05) is 18.2 Å². The molecule has 29 heavy (non-hydrogen) atoms. The first-order valence-corrected chi connectivity index (χ1v) is 9.14. The van der Waals surface area contributed by atoms with Crippen molar-refractivity contribution >= 4 is 23.5 Å². The zero-order valence-corrected chi connectivity index (χ0v) is 16.3. The van der Waals surface area contributed by atoms with Crippen LogP contribution < -0.4 is 24.4 Å². The van der Waals surface area contributed by atoms with Crippen LogP contribution in [0.15, 0.2) is 47.5 Å². The second-order valence-corrected chi connectivity index (χ2v) is 6.75. The molecule has 8 heteroatoms. The number of nitrogens with zero attached hydrogens (tertiary/aromatic N) is 2. The standard InChI is InChI=1S/C21H21N3O5/c1-27-15-9-12(10-16(28-2)19(15)29-3)14-11-17(25)22-20-18(14)24(21(26)23-20)13-7-5-4-6-8-13/h4-10,14,18H,11H2,1-3H3,(H,22,23,25,26)/t14-,18-/m0/s1. The number of para-hydroxylation sites is 1. The largest absolute Gasteiger partial charge is 0.493 e. The lowest BCUT2D eigenvalue weighted by molar-refractivity contribution is -0.120. The van der Waals surface area contributed by atoms with Crippen molar-refractivity contribution in [3.63, 3.8) is 0 Å². The molecule has 2 atom stereocenters. The number of methoxy groups -OCH3 is 3. The van der Waals surface area contributed by atoms with Crippen molar-refractivity contribution in [3.8, 4) is 17.2 Å². The summed E-state index contributed by atoms with van der Waals surface area (Å²) in [5, 5.41) is 2.75. The fourth-order valence-electron chi connectivity index (χ4n) is 3.92. The van der Waals surface area contributed by atoms with E-state index in [4.69, 9.17) is 14.2 Å². The van der Waals surface area contributed by atoms with Crippen molar-refractivity contribution in [1.82, 2.24) is 5.32 Å². The number of aliphatic imine (C=N–C) groups is 1. The van der Waals surface area contributed by atoms with Crippen LogP contribution in [0.4, 0.5) is 10.5 Å². The molecule has 4 rings (SSSR count). The van der Waals surface area contributed by atoms with Crippen LogP contribution in [0, 0.1) is 0 Å². The highest BCUT2D eigenvalue weighted by Crippen LogP contribution is 2.44. The number of hydrogen-bond donors (Lipinski definition) is 1. The quantitative estimate of drug-likeness (QED) is 0.841. The van der Waals surface area contributed by atoms with E-state index in [9.17, 15) is 9.59 Å². The molecule has 8 nitrogen and oxygen atoms in total. The lowest BCUT2D eigenvalue weighted by Gasteiger charge is -2.35. The van der Waals surface area contributed by atoms with Crippen molar-refractivity contribution < 1.29 is 23.8 Å². The van der Waals surface area contributed by atoms with Crippen molar-refractivity contribution in [1.29, 1.82) is 0 Å². The Balaban J connectivity index is 1.83. The number of fused-ring (bicyclic) bond motifs is 1. The second kappa shape index (κ2) is 7.46. The fraction of sp³-hybridized carbons (Fsp3) is 0.286. The molecule has 1 saturated heterocycles. The molecule has 150 valence electrons. The third-order valence-corrected chi connectivity index (χ3v) is 5.18. The number of amides is 3. The summed E-state index contributed by atoms with van der Waals surface area (Å²) in [4.78, 5) is 30.8. The molecule has 0 saturated carbocycles. The van der Waals surface area contributed by atoms with Gasteiger partial charge in [0.25, 0.3) is 0 Å². The minimum Gasteiger partial charge on any atom is -0.493 e. The van der Waals surface area contributed by atoms with Gasteiger partial charge < -0.3 is 19.5 Å². The molecule has 2 aromatic rings. The number of carbonyl (C=O) groups excluding carboxylic acids is 2. The van der Waals surface area contributed by atoms with Gasteiger partial charge in [0.2, 0.25) is 11.7 Å². The lowest BCUT2D eigenvalue weighted by Crippen LogP contribution is -2.53. The SMILES string of the molecule is COc1cc([C@@H]2CC(=O)NC3=NC(=O)N(c4ccccc4)[C@H]32)cc(OC)c1OC. The Hall–Kier alpha value is -3.55. The van der Waals surface area contributed by atoms with E-state index in [1.165, 1.54) is 21.3 Å². The molecular formula is C21H21N3O5. The van der Waals surface area contributed by atoms with Crippen molar-refractivity contribution in [2.45, 2.75) is 18.4 Å². The van der Waals surface area contributed by atoms with E-state index < -0.39 is 12.1 Å². The maximum Gasteiger partial charge on any atom is 0.350 e. The van der Waals surface area contributed by atoms with Crippen LogP contribution >= 0.6 is 0 Å². The van der Waals surface area contributed by atoms with E-state index in [-0.39, 0.29) is 18.2 Å². The van der Waals surface area contributed by atoms with Crippen molar-refractivity contribution in [2.24, 2.45) is 4.99 Å². The number of benzene rings is 2. The summed E-state index contributed by atoms with van der Waals surface area (Å²) in [6, 6.07) is 12.1. The molecule has 0 unspecified atom stereocenters. The molecule has 2 aliphatic heterocycles. The van der Waals surface area contributed by atoms with Gasteiger partial charge in [-0.3, -0.25) is 9.69 Å². The molecule has 1 N–H and O–H groups in total. The smallest absolute Gasteiger partial charge is 0.350 e. The molecule has 2 aliphatic rings. The first-order chi connectivity index (χ1) is 14.1. The predicted molar refractivity (Wildman–Crippen MR) is 107 cm³/mol. The van der Waals surface area contributed by atoms with Crippen LogP contribution in [0.1, 0.15) is 17.9 Å². The van der Waals surface area contributed by atoms with Gasteiger partial charge in [0.15, 0.2) is 11.5 Å². The number of hydrogen-bond acceptors (Lipinski definition) is 5. The van der Waals surface area contributed by atoms with Crippen LogP contribution in [-0.4, -0.2) is 45.1 Å². The maximum absolute atomic E-state index is 12.7. The number of urea groups is 1. The summed E-state index contributed by atoms with van der Waals surface area (Å²) in [7, 11) is 4.61. The summed E-state index contributed by atoms with van der Waals surface area (Å²) in [5.41, 5.74) is 1.51. The molecule has 2 heterocycles. The minimum atomic E-state index is -0.439. The zero-order chi connectivity index (χ0) is 20.5. The summed E-state index contributed by atoms with van der Waals surface area (Å²) in [6.07, 6.45) is 0.193. The summed E-state index contributed by atoms with van der Waals surface area (Å²) in [6.45, 7) is 0. The normalized spacial score (nSPS) is 20.7. The fourth-order valence-corrected chi connectivity index (χ4v) is 3.92. The van der Waals surface area contributed by atoms with Crippen LogP contribution in [0.5, 0.6) is 17.2 Å². The molecular weight excluding hydrogens is 374 g/mol. The highest BCUT2D eigenvalue weighted by molar-refractivity contribution is 6.19. The van der Waals surface area contributed by atoms with Gasteiger partial charge >= 0.3 is 6.03 Å². The monoisotopic (exact) mass is 395 g/mol. The van der Waals surface area contributed by atoms with Crippen molar-refractivity contribution in [3.05, 3.63) is 48.0 Å². The molecule has 3 amide bonds. The van der Waals surface area contributed by atoms with E-state index >= 15 is 0 Å². The van der Waals surface area contributed by atoms with Crippen LogP contribution in [0.3, 0.4) is 0 Å². The highest BCUT2D eigenvalue weighted by Gasteiger charge is 2.46. The summed E-state index contributed by atoms with van der Waals surface area (Å²) >= 11 is 0. The highest BCUT2D eigenvalue weighted by atomic mass is 16.5. The molecule has 0 radical (unpaired) electrons. The number of piperidine rings is 1. The molecule has 0 spiro atoms.